The van der Waals surface area contributed by atoms with E-state index in [0.717, 1.165) is 17.9 Å². The van der Waals surface area contributed by atoms with Crippen LogP contribution in [0, 0.1) is 0 Å². The summed E-state index contributed by atoms with van der Waals surface area (Å²) in [5.74, 6) is 0. The molecule has 0 amide bonds. The highest BCUT2D eigenvalue weighted by Crippen LogP contribution is 2.24. The third kappa shape index (κ3) is 2.66. The molecule has 1 saturated carbocycles. The van der Waals surface area contributed by atoms with E-state index in [4.69, 9.17) is 23.2 Å². The van der Waals surface area contributed by atoms with E-state index in [2.05, 4.69) is 15.6 Å². The van der Waals surface area contributed by atoms with Crippen LogP contribution in [0.3, 0.4) is 0 Å². The van der Waals surface area contributed by atoms with Crippen LogP contribution < -0.4 is 5.32 Å². The number of halogens is 2. The third-order valence-electron chi connectivity index (χ3n) is 2.85. The molecule has 1 aromatic carbocycles. The fourth-order valence-electron chi connectivity index (χ4n) is 1.70. The molecule has 0 aliphatic heterocycles. The summed E-state index contributed by atoms with van der Waals surface area (Å²) in [4.78, 5) is 0. The lowest BCUT2D eigenvalue weighted by atomic mass is 10.3. The van der Waals surface area contributed by atoms with Crippen molar-refractivity contribution in [3.8, 4) is 5.69 Å². The molecule has 0 bridgehead atoms. The maximum atomic E-state index is 6.12. The van der Waals surface area contributed by atoms with Crippen LogP contribution in [-0.4, -0.2) is 21.0 Å². The molecule has 1 heterocycles. The maximum Gasteiger partial charge on any atom is 0.0969 e. The van der Waals surface area contributed by atoms with E-state index in [9.17, 15) is 0 Å². The highest BCUT2D eigenvalue weighted by atomic mass is 35.5. The van der Waals surface area contributed by atoms with Crippen LogP contribution in [0.25, 0.3) is 5.69 Å². The minimum absolute atomic E-state index is 0.564. The molecule has 1 aliphatic carbocycles. The van der Waals surface area contributed by atoms with Gasteiger partial charge in [0.15, 0.2) is 0 Å². The Balaban J connectivity index is 1.78. The number of hydrogen-bond acceptors (Lipinski definition) is 3. The van der Waals surface area contributed by atoms with Crippen molar-refractivity contribution in [2.75, 3.05) is 0 Å². The molecule has 0 radical (unpaired) electrons. The summed E-state index contributed by atoms with van der Waals surface area (Å²) in [6, 6.07) is 5.97. The normalized spacial score (nSPS) is 15.0. The largest absolute Gasteiger partial charge is 0.308 e. The molecule has 18 heavy (non-hydrogen) atoms. The van der Waals surface area contributed by atoms with Crippen molar-refractivity contribution < 1.29 is 0 Å². The highest BCUT2D eigenvalue weighted by molar-refractivity contribution is 6.35. The Bertz CT molecular complexity index is 563. The predicted molar refractivity (Wildman–Crippen MR) is 71.2 cm³/mol. The Morgan fingerprint density at radius 3 is 2.89 bits per heavy atom. The van der Waals surface area contributed by atoms with Gasteiger partial charge in [-0.25, -0.2) is 4.68 Å². The van der Waals surface area contributed by atoms with Gasteiger partial charge in [0.25, 0.3) is 0 Å². The Labute approximate surface area is 115 Å². The van der Waals surface area contributed by atoms with Gasteiger partial charge in [0.1, 0.15) is 0 Å². The topological polar surface area (TPSA) is 42.7 Å². The van der Waals surface area contributed by atoms with Crippen molar-refractivity contribution >= 4 is 23.2 Å². The van der Waals surface area contributed by atoms with Crippen molar-refractivity contribution in [1.82, 2.24) is 20.3 Å². The molecule has 4 nitrogen and oxygen atoms in total. The zero-order chi connectivity index (χ0) is 12.5. The van der Waals surface area contributed by atoms with E-state index in [1.54, 1.807) is 16.8 Å². The lowest BCUT2D eigenvalue weighted by molar-refractivity contribution is 0.671. The first-order valence-electron chi connectivity index (χ1n) is 5.82. The standard InChI is InChI=1S/C12H12Cl2N4/c13-8-1-4-12(11(14)5-8)18-7-10(16-17-18)6-15-9-2-3-9/h1,4-5,7,9,15H,2-3,6H2. The Kier molecular flexibility index (Phi) is 3.24. The first kappa shape index (κ1) is 12.0. The van der Waals surface area contributed by atoms with Crippen LogP contribution in [0.5, 0.6) is 0 Å². The number of hydrogen-bond donors (Lipinski definition) is 1. The Morgan fingerprint density at radius 2 is 2.17 bits per heavy atom. The zero-order valence-corrected chi connectivity index (χ0v) is 11.1. The minimum atomic E-state index is 0.564. The van der Waals surface area contributed by atoms with Crippen LogP contribution >= 0.6 is 23.2 Å². The van der Waals surface area contributed by atoms with Gasteiger partial charge in [-0.3, -0.25) is 0 Å². The van der Waals surface area contributed by atoms with Crippen molar-refractivity contribution in [2.45, 2.75) is 25.4 Å². The molecule has 1 aliphatic rings. The Morgan fingerprint density at radius 1 is 1.33 bits per heavy atom. The number of nitrogens with one attached hydrogen (secondary N) is 1. The van der Waals surface area contributed by atoms with Crippen molar-refractivity contribution in [3.63, 3.8) is 0 Å². The SMILES string of the molecule is Clc1ccc(-n2cc(CNC3CC3)nn2)c(Cl)c1. The monoisotopic (exact) mass is 282 g/mol. The molecular formula is C12H12Cl2N4. The van der Waals surface area contributed by atoms with Crippen LogP contribution in [-0.2, 0) is 6.54 Å². The average Bonchev–Trinajstić information content (AvgIpc) is 3.05. The van der Waals surface area contributed by atoms with Crippen molar-refractivity contribution in [2.24, 2.45) is 0 Å². The second kappa shape index (κ2) is 4.88. The van der Waals surface area contributed by atoms with E-state index in [-0.39, 0.29) is 0 Å². The van der Waals surface area contributed by atoms with Gasteiger partial charge < -0.3 is 5.32 Å². The van der Waals surface area contributed by atoms with E-state index in [0.29, 0.717) is 16.1 Å². The molecule has 3 rings (SSSR count). The lowest BCUT2D eigenvalue weighted by Crippen LogP contribution is -2.15. The molecular weight excluding hydrogens is 271 g/mol. The molecule has 2 aromatic rings. The molecule has 6 heteroatoms. The van der Waals surface area contributed by atoms with Crippen LogP contribution in [0.1, 0.15) is 18.5 Å². The summed E-state index contributed by atoms with van der Waals surface area (Å²) < 4.78 is 1.67. The van der Waals surface area contributed by atoms with E-state index < -0.39 is 0 Å². The van der Waals surface area contributed by atoms with Gasteiger partial charge in [-0.05, 0) is 31.0 Å². The van der Waals surface area contributed by atoms with Gasteiger partial charge in [0.2, 0.25) is 0 Å². The van der Waals surface area contributed by atoms with Crippen LogP contribution in [0.4, 0.5) is 0 Å². The summed E-state index contributed by atoms with van der Waals surface area (Å²) in [7, 11) is 0. The van der Waals surface area contributed by atoms with E-state index >= 15 is 0 Å². The Hall–Kier alpha value is -1.10. The first-order chi connectivity index (χ1) is 8.72. The molecule has 0 atom stereocenters. The maximum absolute atomic E-state index is 6.12. The van der Waals surface area contributed by atoms with Gasteiger partial charge in [-0.1, -0.05) is 28.4 Å². The number of nitrogens with zero attached hydrogens (tertiary/aromatic N) is 3. The molecule has 1 N–H and O–H groups in total. The number of aromatic nitrogens is 3. The number of rotatable bonds is 4. The molecule has 0 spiro atoms. The van der Waals surface area contributed by atoms with Crippen LogP contribution in [0.15, 0.2) is 24.4 Å². The molecule has 0 unspecified atom stereocenters. The van der Waals surface area contributed by atoms with Gasteiger partial charge in [-0.2, -0.15) is 0 Å². The van der Waals surface area contributed by atoms with Crippen molar-refractivity contribution in [3.05, 3.63) is 40.1 Å². The molecule has 94 valence electrons. The van der Waals surface area contributed by atoms with E-state index in [1.807, 2.05) is 12.3 Å². The number of benzene rings is 1. The molecule has 1 aromatic heterocycles. The fourth-order valence-corrected chi connectivity index (χ4v) is 2.20. The molecule has 0 saturated heterocycles. The summed E-state index contributed by atoms with van der Waals surface area (Å²) in [6.07, 6.45) is 4.40. The minimum Gasteiger partial charge on any atom is -0.308 e. The quantitative estimate of drug-likeness (QED) is 0.938. The average molecular weight is 283 g/mol. The third-order valence-corrected chi connectivity index (χ3v) is 3.38. The summed E-state index contributed by atoms with van der Waals surface area (Å²) in [5, 5.41) is 12.8. The summed E-state index contributed by atoms with van der Waals surface area (Å²) >= 11 is 12.0. The smallest absolute Gasteiger partial charge is 0.0969 e. The van der Waals surface area contributed by atoms with Gasteiger partial charge in [0.05, 0.1) is 22.6 Å². The van der Waals surface area contributed by atoms with Gasteiger partial charge in [0, 0.05) is 17.6 Å². The first-order valence-corrected chi connectivity index (χ1v) is 6.58. The summed E-state index contributed by atoms with van der Waals surface area (Å²) in [6.45, 7) is 0.746. The van der Waals surface area contributed by atoms with Gasteiger partial charge in [-0.15, -0.1) is 5.10 Å². The van der Waals surface area contributed by atoms with E-state index in [1.165, 1.54) is 12.8 Å². The van der Waals surface area contributed by atoms with Crippen LogP contribution in [0.2, 0.25) is 10.0 Å². The zero-order valence-electron chi connectivity index (χ0n) is 9.61. The molecule has 1 fully saturated rings. The predicted octanol–water partition coefficient (Wildman–Crippen LogP) is 2.83. The summed E-state index contributed by atoms with van der Waals surface area (Å²) in [5.41, 5.74) is 1.69. The highest BCUT2D eigenvalue weighted by Gasteiger charge is 2.20. The van der Waals surface area contributed by atoms with Gasteiger partial charge >= 0.3 is 0 Å². The second-order valence-electron chi connectivity index (χ2n) is 4.41. The fraction of sp³-hybridized carbons (Fsp3) is 0.333. The lowest BCUT2D eigenvalue weighted by Gasteiger charge is -2.03. The van der Waals surface area contributed by atoms with Crippen molar-refractivity contribution in [1.29, 1.82) is 0 Å². The second-order valence-corrected chi connectivity index (χ2v) is 5.25.